The van der Waals surface area contributed by atoms with Gasteiger partial charge >= 0.3 is 5.37 Å². The van der Waals surface area contributed by atoms with E-state index in [1.807, 2.05) is 0 Å². The van der Waals surface area contributed by atoms with Crippen molar-refractivity contribution in [2.24, 2.45) is 0 Å². The third kappa shape index (κ3) is 3.58. The molecule has 0 aromatic rings. The minimum atomic E-state index is -0.669. The molecule has 0 rings (SSSR count). The van der Waals surface area contributed by atoms with Gasteiger partial charge in [0.25, 0.3) is 0 Å². The van der Waals surface area contributed by atoms with Gasteiger partial charge in [0.1, 0.15) is 19.6 Å². The van der Waals surface area contributed by atoms with E-state index in [1.54, 1.807) is 0 Å². The van der Waals surface area contributed by atoms with Crippen molar-refractivity contribution in [2.45, 2.75) is 0 Å². The molecule has 0 fully saturated rings. The molecule has 0 aromatic carbocycles. The Hall–Kier alpha value is -0.200. The van der Waals surface area contributed by atoms with E-state index >= 15 is 0 Å². The lowest BCUT2D eigenvalue weighted by Crippen LogP contribution is -2.55. The Labute approximate surface area is 81.7 Å². The van der Waals surface area contributed by atoms with Gasteiger partial charge in [-0.3, -0.25) is 0 Å². The fourth-order valence-electron chi connectivity index (χ4n) is 1.17. The van der Waals surface area contributed by atoms with Crippen molar-refractivity contribution in [1.82, 2.24) is 0 Å². The number of halogens is 1. The number of rotatable bonds is 6. The van der Waals surface area contributed by atoms with Crippen LogP contribution in [0.3, 0.4) is 0 Å². The molecule has 0 saturated carbocycles. The Morgan fingerprint density at radius 1 is 1.00 bits per heavy atom. The average molecular weight is 213 g/mol. The molecule has 0 radical (unpaired) electrons. The Morgan fingerprint density at radius 3 is 1.46 bits per heavy atom. The van der Waals surface area contributed by atoms with Gasteiger partial charge in [-0.2, -0.15) is 0 Å². The van der Waals surface area contributed by atoms with Crippen molar-refractivity contribution in [1.29, 1.82) is 0 Å². The van der Waals surface area contributed by atoms with Gasteiger partial charge in [-0.15, -0.1) is 0 Å². The molecule has 3 N–H and O–H groups in total. The first kappa shape index (κ1) is 12.8. The van der Waals surface area contributed by atoms with Crippen LogP contribution in [0.1, 0.15) is 0 Å². The molecular formula is C7H15ClNO4+. The van der Waals surface area contributed by atoms with Crippen molar-refractivity contribution in [3.05, 3.63) is 0 Å². The molecule has 1 amide bonds. The quantitative estimate of drug-likeness (QED) is 0.304. The number of quaternary nitrogens is 1. The Balaban J connectivity index is 4.48. The molecular weight excluding hydrogens is 198 g/mol. The first-order valence-corrected chi connectivity index (χ1v) is 4.39. The molecule has 0 aliphatic rings. The van der Waals surface area contributed by atoms with E-state index in [-0.39, 0.29) is 43.9 Å². The molecule has 0 aliphatic heterocycles. The molecule has 0 aromatic heterocycles. The summed E-state index contributed by atoms with van der Waals surface area (Å²) in [6, 6.07) is 0. The zero-order valence-electron chi connectivity index (χ0n) is 7.32. The third-order valence-electron chi connectivity index (χ3n) is 1.96. The number of nitrogens with zero attached hydrogens (tertiary/aromatic N) is 1. The van der Waals surface area contributed by atoms with Crippen molar-refractivity contribution in [3.63, 3.8) is 0 Å². The van der Waals surface area contributed by atoms with E-state index in [2.05, 4.69) is 0 Å². The van der Waals surface area contributed by atoms with E-state index in [4.69, 9.17) is 26.9 Å². The fraction of sp³-hybridized carbons (Fsp3) is 0.857. The number of amides is 1. The summed E-state index contributed by atoms with van der Waals surface area (Å²) in [7, 11) is 0. The summed E-state index contributed by atoms with van der Waals surface area (Å²) in [6.45, 7) is -0.286. The van der Waals surface area contributed by atoms with Crippen LogP contribution in [0.15, 0.2) is 0 Å². The van der Waals surface area contributed by atoms with Crippen LogP contribution in [-0.4, -0.2) is 64.6 Å². The number of hydrogen-bond donors (Lipinski definition) is 3. The molecule has 78 valence electrons. The van der Waals surface area contributed by atoms with Gasteiger partial charge in [-0.05, 0) is 0 Å². The molecule has 5 nitrogen and oxygen atoms in total. The highest BCUT2D eigenvalue weighted by atomic mass is 35.5. The van der Waals surface area contributed by atoms with Gasteiger partial charge in [0.15, 0.2) is 0 Å². The molecule has 0 unspecified atom stereocenters. The molecule has 0 saturated heterocycles. The highest BCUT2D eigenvalue weighted by Gasteiger charge is 2.33. The summed E-state index contributed by atoms with van der Waals surface area (Å²) in [5.41, 5.74) is 0. The third-order valence-corrected chi connectivity index (χ3v) is 2.32. The van der Waals surface area contributed by atoms with E-state index in [0.717, 1.165) is 0 Å². The molecule has 0 spiro atoms. The van der Waals surface area contributed by atoms with Crippen LogP contribution in [0.5, 0.6) is 0 Å². The number of carbonyl (C=O) groups is 1. The summed E-state index contributed by atoms with van der Waals surface area (Å²) >= 11 is 5.34. The van der Waals surface area contributed by atoms with Crippen LogP contribution in [0.2, 0.25) is 0 Å². The van der Waals surface area contributed by atoms with Crippen molar-refractivity contribution in [2.75, 3.05) is 39.5 Å². The molecule has 6 heteroatoms. The van der Waals surface area contributed by atoms with Gasteiger partial charge < -0.3 is 15.3 Å². The van der Waals surface area contributed by atoms with E-state index in [0.29, 0.717) is 0 Å². The van der Waals surface area contributed by atoms with Crippen LogP contribution < -0.4 is 0 Å². The average Bonchev–Trinajstić information content (AvgIpc) is 2.05. The van der Waals surface area contributed by atoms with Crippen LogP contribution in [0, 0.1) is 0 Å². The standard InChI is InChI=1S/C7H15ClNO4/c8-7(13)9(1-4-10,2-5-11)3-6-12/h10-12H,1-6H2/q+1. The summed E-state index contributed by atoms with van der Waals surface area (Å²) in [4.78, 5) is 11.0. The van der Waals surface area contributed by atoms with Gasteiger partial charge in [0, 0.05) is 11.6 Å². The first-order chi connectivity index (χ1) is 6.13. The van der Waals surface area contributed by atoms with E-state index < -0.39 is 5.37 Å². The molecule has 0 aliphatic carbocycles. The zero-order valence-corrected chi connectivity index (χ0v) is 8.07. The summed E-state index contributed by atoms with van der Waals surface area (Å²) in [6.07, 6.45) is 0. The monoisotopic (exact) mass is 212 g/mol. The first-order valence-electron chi connectivity index (χ1n) is 4.01. The highest BCUT2D eigenvalue weighted by Crippen LogP contribution is 2.10. The van der Waals surface area contributed by atoms with Crippen LogP contribution in [0.25, 0.3) is 0 Å². The van der Waals surface area contributed by atoms with Crippen molar-refractivity contribution >= 4 is 17.0 Å². The maximum atomic E-state index is 11.0. The lowest BCUT2D eigenvalue weighted by atomic mass is 10.3. The molecule has 0 heterocycles. The zero-order chi connectivity index (χ0) is 10.3. The predicted molar refractivity (Wildman–Crippen MR) is 47.4 cm³/mol. The van der Waals surface area contributed by atoms with E-state index in [1.165, 1.54) is 0 Å². The lowest BCUT2D eigenvalue weighted by Gasteiger charge is -2.31. The fourth-order valence-corrected chi connectivity index (χ4v) is 1.43. The lowest BCUT2D eigenvalue weighted by molar-refractivity contribution is -0.846. The number of aliphatic hydroxyl groups is 3. The predicted octanol–water partition coefficient (Wildman–Crippen LogP) is -0.861. The van der Waals surface area contributed by atoms with Gasteiger partial charge in [-0.1, -0.05) is 0 Å². The summed E-state index contributed by atoms with van der Waals surface area (Å²) < 4.78 is -0.287. The van der Waals surface area contributed by atoms with Gasteiger partial charge in [-0.25, -0.2) is 9.28 Å². The largest absolute Gasteiger partial charge is 0.412 e. The van der Waals surface area contributed by atoms with Gasteiger partial charge in [0.05, 0.1) is 19.8 Å². The minimum absolute atomic E-state index is 0.115. The SMILES string of the molecule is O=C(Cl)[N+](CCO)(CCO)CCO. The van der Waals surface area contributed by atoms with Crippen LogP contribution in [-0.2, 0) is 0 Å². The second-order valence-corrected chi connectivity index (χ2v) is 3.06. The maximum absolute atomic E-state index is 11.0. The molecule has 0 bridgehead atoms. The highest BCUT2D eigenvalue weighted by molar-refractivity contribution is 6.60. The van der Waals surface area contributed by atoms with Crippen molar-refractivity contribution in [3.8, 4) is 0 Å². The Bertz CT molecular complexity index is 148. The second-order valence-electron chi connectivity index (χ2n) is 2.74. The summed E-state index contributed by atoms with van der Waals surface area (Å²) in [5, 5.41) is 25.5. The normalized spacial score (nSPS) is 11.7. The van der Waals surface area contributed by atoms with Crippen molar-refractivity contribution < 1.29 is 24.6 Å². The van der Waals surface area contributed by atoms with Crippen LogP contribution >= 0.6 is 11.6 Å². The maximum Gasteiger partial charge on any atom is 0.412 e. The smallest absolute Gasteiger partial charge is 0.390 e. The van der Waals surface area contributed by atoms with Crippen LogP contribution in [0.4, 0.5) is 4.79 Å². The molecule has 13 heavy (non-hydrogen) atoms. The molecule has 0 atom stereocenters. The number of carbonyl (C=O) groups excluding carboxylic acids is 1. The van der Waals surface area contributed by atoms with Gasteiger partial charge in [0.2, 0.25) is 0 Å². The Kier molecular flexibility index (Phi) is 6.19. The topological polar surface area (TPSA) is 77.8 Å². The Morgan fingerprint density at radius 2 is 1.31 bits per heavy atom. The minimum Gasteiger partial charge on any atom is -0.390 e. The number of aliphatic hydroxyl groups excluding tert-OH is 3. The number of hydrogen-bond acceptors (Lipinski definition) is 4. The van der Waals surface area contributed by atoms with E-state index in [9.17, 15) is 4.79 Å². The summed E-state index contributed by atoms with van der Waals surface area (Å²) in [5.74, 6) is 0. The second kappa shape index (κ2) is 6.28.